The van der Waals surface area contributed by atoms with Crippen LogP contribution in [0.4, 0.5) is 5.69 Å². The first-order valence-corrected chi connectivity index (χ1v) is 5.55. The van der Waals surface area contributed by atoms with Crippen molar-refractivity contribution in [1.82, 2.24) is 0 Å². The van der Waals surface area contributed by atoms with E-state index in [1.807, 2.05) is 60.7 Å². The molecule has 0 aromatic heterocycles. The van der Waals surface area contributed by atoms with E-state index in [1.165, 1.54) is 5.56 Å². The normalized spacial score (nSPS) is 11.8. The number of ether oxygens (including phenoxy) is 1. The third-order valence-corrected chi connectivity index (χ3v) is 2.35. The topological polar surface area (TPSA) is 35.2 Å². The maximum atomic E-state index is 5.36. The van der Waals surface area contributed by atoms with Gasteiger partial charge in [0.2, 0.25) is 0 Å². The van der Waals surface area contributed by atoms with Crippen LogP contribution in [0.5, 0.6) is 5.75 Å². The van der Waals surface area contributed by atoms with Crippen molar-refractivity contribution in [2.75, 3.05) is 12.3 Å². The van der Waals surface area contributed by atoms with Gasteiger partial charge in [-0.05, 0) is 24.3 Å². The van der Waals surface area contributed by atoms with Crippen LogP contribution < -0.4 is 10.5 Å². The number of benzene rings is 2. The Morgan fingerprint density at radius 2 is 1.59 bits per heavy atom. The second kappa shape index (κ2) is 5.75. The molecule has 0 spiro atoms. The Morgan fingerprint density at radius 3 is 2.24 bits per heavy atom. The van der Waals surface area contributed by atoms with Gasteiger partial charge in [0.1, 0.15) is 12.4 Å². The quantitative estimate of drug-likeness (QED) is 0.698. The van der Waals surface area contributed by atoms with Crippen molar-refractivity contribution < 1.29 is 4.74 Å². The van der Waals surface area contributed by atoms with E-state index in [0.29, 0.717) is 6.61 Å². The Hall–Kier alpha value is -2.22. The van der Waals surface area contributed by atoms with Crippen LogP contribution in [0.2, 0.25) is 0 Å². The number of nitrogens with two attached hydrogens (primary N) is 1. The number of fused-ring (bicyclic) bond motifs is 1. The molecule has 86 valence electrons. The molecule has 0 saturated carbocycles. The van der Waals surface area contributed by atoms with Crippen LogP contribution >= 0.6 is 0 Å². The summed E-state index contributed by atoms with van der Waals surface area (Å²) in [5.41, 5.74) is 7.35. The van der Waals surface area contributed by atoms with E-state index >= 15 is 0 Å². The lowest BCUT2D eigenvalue weighted by Gasteiger charge is -2.10. The van der Waals surface area contributed by atoms with Crippen LogP contribution in [0.15, 0.2) is 60.7 Å². The number of anilines is 1. The highest BCUT2D eigenvalue weighted by atomic mass is 16.5. The van der Waals surface area contributed by atoms with E-state index in [-0.39, 0.29) is 0 Å². The van der Waals surface area contributed by atoms with Gasteiger partial charge in [0, 0.05) is 11.3 Å². The minimum Gasteiger partial charge on any atom is -0.489 e. The fourth-order valence-corrected chi connectivity index (χ4v) is 1.52. The molecule has 17 heavy (non-hydrogen) atoms. The zero-order valence-electron chi connectivity index (χ0n) is 9.54. The summed E-state index contributed by atoms with van der Waals surface area (Å²) in [4.78, 5) is 0. The lowest BCUT2D eigenvalue weighted by atomic mass is 10.1. The Morgan fingerprint density at radius 1 is 0.882 bits per heavy atom. The average Bonchev–Trinajstić information content (AvgIpc) is 2.41. The average molecular weight is 225 g/mol. The molecule has 2 aromatic rings. The molecule has 0 radical (unpaired) electrons. The first-order valence-electron chi connectivity index (χ1n) is 5.55. The molecule has 1 aliphatic rings. The minimum absolute atomic E-state index is 0.705. The smallest absolute Gasteiger partial charge is 0.126 e. The van der Waals surface area contributed by atoms with Gasteiger partial charge >= 0.3 is 0 Å². The number of para-hydroxylation sites is 2. The first-order chi connectivity index (χ1) is 8.36. The maximum Gasteiger partial charge on any atom is 0.126 e. The van der Waals surface area contributed by atoms with Crippen molar-refractivity contribution in [3.63, 3.8) is 0 Å². The van der Waals surface area contributed by atoms with Crippen molar-refractivity contribution in [2.24, 2.45) is 0 Å². The van der Waals surface area contributed by atoms with Gasteiger partial charge in [-0.2, -0.15) is 0 Å². The summed E-state index contributed by atoms with van der Waals surface area (Å²) in [6, 6.07) is 17.5. The molecule has 0 aliphatic carbocycles. The fraction of sp³-hybridized carbons (Fsp3) is 0.0667. The largest absolute Gasteiger partial charge is 0.489 e. The lowest BCUT2D eigenvalue weighted by molar-refractivity contribution is 0.358. The molecule has 2 N–H and O–H groups in total. The van der Waals surface area contributed by atoms with Gasteiger partial charge in [0.05, 0.1) is 0 Å². The molecule has 2 heteroatoms. The Balaban J connectivity index is 0.000000136. The molecular formula is C15H15NO. The van der Waals surface area contributed by atoms with Crippen LogP contribution in [-0.4, -0.2) is 6.61 Å². The summed E-state index contributed by atoms with van der Waals surface area (Å²) < 4.78 is 5.34. The molecular weight excluding hydrogens is 210 g/mol. The van der Waals surface area contributed by atoms with Crippen molar-refractivity contribution >= 4 is 11.8 Å². The van der Waals surface area contributed by atoms with Crippen molar-refractivity contribution in [3.05, 3.63) is 66.2 Å². The second-order valence-corrected chi connectivity index (χ2v) is 3.66. The van der Waals surface area contributed by atoms with Gasteiger partial charge in [-0.3, -0.25) is 0 Å². The molecule has 0 atom stereocenters. The minimum atomic E-state index is 0.705. The summed E-state index contributed by atoms with van der Waals surface area (Å²) >= 11 is 0. The number of hydrogen-bond donors (Lipinski definition) is 1. The van der Waals surface area contributed by atoms with Gasteiger partial charge in [0.25, 0.3) is 0 Å². The lowest BCUT2D eigenvalue weighted by Crippen LogP contribution is -1.98. The van der Waals surface area contributed by atoms with E-state index in [4.69, 9.17) is 10.5 Å². The molecule has 0 amide bonds. The van der Waals surface area contributed by atoms with E-state index < -0.39 is 0 Å². The summed E-state index contributed by atoms with van der Waals surface area (Å²) in [5, 5.41) is 0. The van der Waals surface area contributed by atoms with Gasteiger partial charge in [-0.25, -0.2) is 0 Å². The summed E-state index contributed by atoms with van der Waals surface area (Å²) in [6.07, 6.45) is 4.10. The number of hydrogen-bond acceptors (Lipinski definition) is 2. The van der Waals surface area contributed by atoms with E-state index in [9.17, 15) is 0 Å². The Bertz CT molecular complexity index is 491. The predicted molar refractivity (Wildman–Crippen MR) is 71.8 cm³/mol. The van der Waals surface area contributed by atoms with Crippen LogP contribution in [0.1, 0.15) is 5.56 Å². The summed E-state index contributed by atoms with van der Waals surface area (Å²) in [7, 11) is 0. The molecule has 0 fully saturated rings. The zero-order valence-corrected chi connectivity index (χ0v) is 9.54. The summed E-state index contributed by atoms with van der Waals surface area (Å²) in [6.45, 7) is 0.705. The van der Waals surface area contributed by atoms with Crippen LogP contribution in [0.3, 0.4) is 0 Å². The molecule has 0 saturated heterocycles. The number of nitrogen functional groups attached to an aromatic ring is 1. The Labute approximate surface area is 101 Å². The molecule has 3 rings (SSSR count). The van der Waals surface area contributed by atoms with Crippen molar-refractivity contribution in [2.45, 2.75) is 0 Å². The molecule has 2 nitrogen and oxygen atoms in total. The molecule has 2 aromatic carbocycles. The maximum absolute atomic E-state index is 5.36. The van der Waals surface area contributed by atoms with Crippen LogP contribution in [0.25, 0.3) is 6.08 Å². The molecule has 1 heterocycles. The highest BCUT2D eigenvalue weighted by Crippen LogP contribution is 2.21. The van der Waals surface area contributed by atoms with Crippen molar-refractivity contribution in [1.29, 1.82) is 0 Å². The standard InChI is InChI=1S/C9H8O.C6H7N/c1-2-6-9-8(4-1)5-3-7-10-9;7-6-4-2-1-3-5-6/h1-6H,7H2;1-5H,7H2. The predicted octanol–water partition coefficient (Wildman–Crippen LogP) is 3.36. The second-order valence-electron chi connectivity index (χ2n) is 3.66. The summed E-state index contributed by atoms with van der Waals surface area (Å²) in [5.74, 6) is 0.991. The van der Waals surface area contributed by atoms with E-state index in [2.05, 4.69) is 6.08 Å². The Kier molecular flexibility index (Phi) is 3.81. The molecule has 1 aliphatic heterocycles. The third-order valence-electron chi connectivity index (χ3n) is 2.35. The molecule has 0 unspecified atom stereocenters. The third kappa shape index (κ3) is 3.38. The monoisotopic (exact) mass is 225 g/mol. The van der Waals surface area contributed by atoms with E-state index in [1.54, 1.807) is 0 Å². The molecule has 0 bridgehead atoms. The van der Waals surface area contributed by atoms with Crippen LogP contribution in [0, 0.1) is 0 Å². The van der Waals surface area contributed by atoms with Gasteiger partial charge in [-0.15, -0.1) is 0 Å². The van der Waals surface area contributed by atoms with Gasteiger partial charge in [-0.1, -0.05) is 42.5 Å². The highest BCUT2D eigenvalue weighted by Gasteiger charge is 2.01. The van der Waals surface area contributed by atoms with Gasteiger partial charge < -0.3 is 10.5 Å². The van der Waals surface area contributed by atoms with Crippen LogP contribution in [-0.2, 0) is 0 Å². The van der Waals surface area contributed by atoms with E-state index in [0.717, 1.165) is 11.4 Å². The fourth-order valence-electron chi connectivity index (χ4n) is 1.52. The first kappa shape index (κ1) is 11.3. The van der Waals surface area contributed by atoms with Gasteiger partial charge in [0.15, 0.2) is 0 Å². The SMILES string of the molecule is C1=Cc2ccccc2OC1.Nc1ccccc1. The number of rotatable bonds is 0. The zero-order chi connectivity index (χ0) is 11.9. The highest BCUT2D eigenvalue weighted by molar-refractivity contribution is 5.58. The van der Waals surface area contributed by atoms with Crippen molar-refractivity contribution in [3.8, 4) is 5.75 Å².